The van der Waals surface area contributed by atoms with Gasteiger partial charge in [-0.3, -0.25) is 4.98 Å². The molecule has 6 heteroatoms. The third-order valence-electron chi connectivity index (χ3n) is 2.37. The largest absolute Gasteiger partial charge is 0.418 e. The third kappa shape index (κ3) is 2.29. The first kappa shape index (κ1) is 13.1. The molecule has 2 aromatic rings. The van der Waals surface area contributed by atoms with Crippen molar-refractivity contribution in [2.45, 2.75) is 13.1 Å². The van der Waals surface area contributed by atoms with E-state index in [0.717, 1.165) is 9.64 Å². The predicted octanol–water partition coefficient (Wildman–Crippen LogP) is 4.93. The summed E-state index contributed by atoms with van der Waals surface area (Å²) in [5.74, 6) is 0. The molecule has 17 heavy (non-hydrogen) atoms. The van der Waals surface area contributed by atoms with E-state index in [1.165, 1.54) is 6.07 Å². The van der Waals surface area contributed by atoms with Gasteiger partial charge in [-0.1, -0.05) is 12.1 Å². The summed E-state index contributed by atoms with van der Waals surface area (Å²) in [5.41, 5.74) is -0.123. The lowest BCUT2D eigenvalue weighted by Crippen LogP contribution is -2.07. The minimum absolute atomic E-state index is 0.00945. The SMILES string of the molecule is Cc1nc2c(C(F)(F)F)cccc2c(Br)c1I. The Hall–Kier alpha value is -0.370. The smallest absolute Gasteiger partial charge is 0.251 e. The van der Waals surface area contributed by atoms with E-state index < -0.39 is 11.7 Å². The van der Waals surface area contributed by atoms with Crippen molar-refractivity contribution in [2.24, 2.45) is 0 Å². The number of alkyl halides is 3. The summed E-state index contributed by atoms with van der Waals surface area (Å²) in [6.07, 6.45) is -4.38. The van der Waals surface area contributed by atoms with Crippen LogP contribution in [0.4, 0.5) is 13.2 Å². The minimum atomic E-state index is -4.38. The van der Waals surface area contributed by atoms with Crippen LogP contribution in [0, 0.1) is 10.5 Å². The highest BCUT2D eigenvalue weighted by Gasteiger charge is 2.33. The molecule has 0 saturated carbocycles. The van der Waals surface area contributed by atoms with E-state index in [1.807, 2.05) is 0 Å². The number of halogens is 5. The molecule has 0 atom stereocenters. The maximum Gasteiger partial charge on any atom is 0.418 e. The summed E-state index contributed by atoms with van der Waals surface area (Å²) in [4.78, 5) is 4.04. The Labute approximate surface area is 118 Å². The van der Waals surface area contributed by atoms with Crippen LogP contribution in [0.25, 0.3) is 10.9 Å². The molecule has 1 aromatic heterocycles. The van der Waals surface area contributed by atoms with Crippen LogP contribution in [0.3, 0.4) is 0 Å². The molecule has 0 saturated heterocycles. The highest BCUT2D eigenvalue weighted by Crippen LogP contribution is 2.37. The summed E-state index contributed by atoms with van der Waals surface area (Å²) in [6, 6.07) is 4.07. The number of hydrogen-bond donors (Lipinski definition) is 0. The number of aryl methyl sites for hydroxylation is 1. The Kier molecular flexibility index (Phi) is 3.37. The van der Waals surface area contributed by atoms with Crippen LogP contribution in [0.2, 0.25) is 0 Å². The van der Waals surface area contributed by atoms with Crippen molar-refractivity contribution in [1.29, 1.82) is 0 Å². The summed E-state index contributed by atoms with van der Waals surface area (Å²) >= 11 is 5.38. The van der Waals surface area contributed by atoms with Crippen LogP contribution < -0.4 is 0 Å². The van der Waals surface area contributed by atoms with Crippen LogP contribution in [0.1, 0.15) is 11.3 Å². The van der Waals surface area contributed by atoms with Gasteiger partial charge in [0.2, 0.25) is 0 Å². The van der Waals surface area contributed by atoms with E-state index in [1.54, 1.807) is 13.0 Å². The Balaban J connectivity index is 2.92. The van der Waals surface area contributed by atoms with E-state index in [-0.39, 0.29) is 5.52 Å². The molecule has 0 aliphatic carbocycles. The molecule has 0 amide bonds. The van der Waals surface area contributed by atoms with Crippen molar-refractivity contribution in [2.75, 3.05) is 0 Å². The summed E-state index contributed by atoms with van der Waals surface area (Å²) < 4.78 is 40.0. The molecule has 90 valence electrons. The first-order valence-electron chi connectivity index (χ1n) is 4.64. The molecule has 2 rings (SSSR count). The lowest BCUT2D eigenvalue weighted by Gasteiger charge is -2.12. The zero-order valence-electron chi connectivity index (χ0n) is 8.57. The molecule has 0 fully saturated rings. The van der Waals surface area contributed by atoms with Gasteiger partial charge in [0.1, 0.15) is 0 Å². The van der Waals surface area contributed by atoms with Crippen molar-refractivity contribution in [3.8, 4) is 0 Å². The third-order valence-corrected chi connectivity index (χ3v) is 5.25. The van der Waals surface area contributed by atoms with Crippen molar-refractivity contribution < 1.29 is 13.2 Å². The van der Waals surface area contributed by atoms with Crippen LogP contribution in [0.5, 0.6) is 0 Å². The monoisotopic (exact) mass is 415 g/mol. The zero-order valence-corrected chi connectivity index (χ0v) is 12.3. The van der Waals surface area contributed by atoms with Gasteiger partial charge < -0.3 is 0 Å². The number of rotatable bonds is 0. The van der Waals surface area contributed by atoms with Crippen LogP contribution in [0.15, 0.2) is 22.7 Å². The molecule has 0 aliphatic rings. The van der Waals surface area contributed by atoms with Gasteiger partial charge in [0, 0.05) is 13.4 Å². The second-order valence-corrected chi connectivity index (χ2v) is 5.40. The average molecular weight is 416 g/mol. The van der Waals surface area contributed by atoms with Crippen LogP contribution >= 0.6 is 38.5 Å². The van der Waals surface area contributed by atoms with Gasteiger partial charge >= 0.3 is 6.18 Å². The normalized spacial score (nSPS) is 12.1. The zero-order chi connectivity index (χ0) is 12.8. The second kappa shape index (κ2) is 4.38. The highest BCUT2D eigenvalue weighted by molar-refractivity contribution is 14.1. The molecule has 1 heterocycles. The summed E-state index contributed by atoms with van der Waals surface area (Å²) in [5, 5.41) is 0.481. The van der Waals surface area contributed by atoms with Gasteiger partial charge in [-0.05, 0) is 51.5 Å². The van der Waals surface area contributed by atoms with Gasteiger partial charge in [-0.15, -0.1) is 0 Å². The molecule has 1 aromatic carbocycles. The van der Waals surface area contributed by atoms with Crippen molar-refractivity contribution in [3.63, 3.8) is 0 Å². The maximum absolute atomic E-state index is 12.8. The second-order valence-electron chi connectivity index (χ2n) is 3.52. The van der Waals surface area contributed by atoms with Crippen LogP contribution in [-0.4, -0.2) is 4.98 Å². The predicted molar refractivity (Wildman–Crippen MR) is 71.9 cm³/mol. The lowest BCUT2D eigenvalue weighted by molar-refractivity contribution is -0.136. The molecule has 0 N–H and O–H groups in total. The Bertz CT molecular complexity index is 595. The van der Waals surface area contributed by atoms with Crippen molar-refractivity contribution in [1.82, 2.24) is 4.98 Å². The molecule has 0 aliphatic heterocycles. The van der Waals surface area contributed by atoms with E-state index in [0.29, 0.717) is 15.6 Å². The molecular weight excluding hydrogens is 410 g/mol. The average Bonchev–Trinajstić information content (AvgIpc) is 2.24. The summed E-state index contributed by atoms with van der Waals surface area (Å²) in [7, 11) is 0. The number of para-hydroxylation sites is 1. The van der Waals surface area contributed by atoms with Crippen molar-refractivity contribution in [3.05, 3.63) is 37.5 Å². The number of pyridine rings is 1. The fourth-order valence-electron chi connectivity index (χ4n) is 1.56. The topological polar surface area (TPSA) is 12.9 Å². The minimum Gasteiger partial charge on any atom is -0.251 e. The molecule has 0 unspecified atom stereocenters. The fourth-order valence-corrected chi connectivity index (χ4v) is 2.58. The van der Waals surface area contributed by atoms with Crippen LogP contribution in [-0.2, 0) is 6.18 Å². The number of aromatic nitrogens is 1. The number of nitrogens with zero attached hydrogens (tertiary/aromatic N) is 1. The lowest BCUT2D eigenvalue weighted by atomic mass is 10.1. The van der Waals surface area contributed by atoms with E-state index >= 15 is 0 Å². The van der Waals surface area contributed by atoms with E-state index in [2.05, 4.69) is 43.5 Å². The standard InChI is InChI=1S/C11H6BrF3IN/c1-5-9(16)8(12)6-3-2-4-7(10(6)17-5)11(13,14)15/h2-4H,1H3. The first-order valence-corrected chi connectivity index (χ1v) is 6.51. The first-order chi connectivity index (χ1) is 7.82. The highest BCUT2D eigenvalue weighted by atomic mass is 127. The van der Waals surface area contributed by atoms with Crippen molar-refractivity contribution >= 4 is 49.4 Å². The molecule has 0 bridgehead atoms. The number of hydrogen-bond acceptors (Lipinski definition) is 1. The quantitative estimate of drug-likeness (QED) is 0.556. The number of fused-ring (bicyclic) bond motifs is 1. The molecule has 0 spiro atoms. The van der Waals surface area contributed by atoms with E-state index in [4.69, 9.17) is 0 Å². The van der Waals surface area contributed by atoms with Gasteiger partial charge in [-0.25, -0.2) is 0 Å². The van der Waals surface area contributed by atoms with Gasteiger partial charge in [0.15, 0.2) is 0 Å². The maximum atomic E-state index is 12.8. The molecular formula is C11H6BrF3IN. The van der Waals surface area contributed by atoms with Gasteiger partial charge in [-0.2, -0.15) is 13.2 Å². The Morgan fingerprint density at radius 3 is 2.53 bits per heavy atom. The fraction of sp³-hybridized carbons (Fsp3) is 0.182. The van der Waals surface area contributed by atoms with Gasteiger partial charge in [0.25, 0.3) is 0 Å². The van der Waals surface area contributed by atoms with E-state index in [9.17, 15) is 13.2 Å². The Morgan fingerprint density at radius 2 is 1.94 bits per heavy atom. The molecule has 1 nitrogen and oxygen atoms in total. The van der Waals surface area contributed by atoms with Gasteiger partial charge in [0.05, 0.1) is 16.8 Å². The molecule has 0 radical (unpaired) electrons. The number of benzene rings is 1. The summed E-state index contributed by atoms with van der Waals surface area (Å²) in [6.45, 7) is 1.69. The Morgan fingerprint density at radius 1 is 1.29 bits per heavy atom.